The average Bonchev–Trinajstić information content (AvgIpc) is 2.76. The molecule has 0 amide bonds. The lowest BCUT2D eigenvalue weighted by molar-refractivity contribution is 0.199. The molecule has 1 aromatic heterocycles. The Bertz CT molecular complexity index is 679. The molecule has 0 fully saturated rings. The van der Waals surface area contributed by atoms with E-state index >= 15 is 0 Å². The SMILES string of the molecule is CS(=O)(=O)Nc1ccn(C(=O)Oc2ccccc2)n1. The van der Waals surface area contributed by atoms with Gasteiger partial charge >= 0.3 is 6.09 Å². The van der Waals surface area contributed by atoms with Crippen LogP contribution in [-0.4, -0.2) is 30.5 Å². The Hall–Kier alpha value is -2.35. The highest BCUT2D eigenvalue weighted by molar-refractivity contribution is 7.92. The summed E-state index contributed by atoms with van der Waals surface area (Å²) in [6.07, 6.45) is 1.57. The van der Waals surface area contributed by atoms with Crippen molar-refractivity contribution in [2.45, 2.75) is 0 Å². The number of carbonyl (C=O) groups is 1. The molecule has 0 unspecified atom stereocenters. The summed E-state index contributed by atoms with van der Waals surface area (Å²) in [7, 11) is -3.43. The van der Waals surface area contributed by atoms with Crippen LogP contribution in [0.5, 0.6) is 5.75 Å². The lowest BCUT2D eigenvalue weighted by Gasteiger charge is -2.03. The van der Waals surface area contributed by atoms with Crippen LogP contribution in [0.3, 0.4) is 0 Å². The molecule has 0 aliphatic heterocycles. The summed E-state index contributed by atoms with van der Waals surface area (Å²) in [4.78, 5) is 11.7. The highest BCUT2D eigenvalue weighted by Crippen LogP contribution is 2.10. The molecule has 0 saturated carbocycles. The van der Waals surface area contributed by atoms with E-state index in [0.29, 0.717) is 5.75 Å². The highest BCUT2D eigenvalue weighted by Gasteiger charge is 2.11. The van der Waals surface area contributed by atoms with E-state index in [1.54, 1.807) is 30.3 Å². The number of aromatic nitrogens is 2. The predicted molar refractivity (Wildman–Crippen MR) is 68.6 cm³/mol. The fourth-order valence-electron chi connectivity index (χ4n) is 1.31. The van der Waals surface area contributed by atoms with Crippen molar-refractivity contribution in [3.05, 3.63) is 42.6 Å². The number of benzene rings is 1. The third kappa shape index (κ3) is 3.81. The maximum Gasteiger partial charge on any atom is 0.440 e. The lowest BCUT2D eigenvalue weighted by Crippen LogP contribution is -2.18. The number of hydrogen-bond donors (Lipinski definition) is 1. The van der Waals surface area contributed by atoms with Crippen molar-refractivity contribution in [3.8, 4) is 5.75 Å². The minimum Gasteiger partial charge on any atom is -0.409 e. The van der Waals surface area contributed by atoms with Gasteiger partial charge in [0.1, 0.15) is 5.75 Å². The fourth-order valence-corrected chi connectivity index (χ4v) is 1.79. The van der Waals surface area contributed by atoms with Crippen molar-refractivity contribution in [1.82, 2.24) is 9.78 Å². The highest BCUT2D eigenvalue weighted by atomic mass is 32.2. The van der Waals surface area contributed by atoms with E-state index in [4.69, 9.17) is 4.74 Å². The molecule has 0 aliphatic carbocycles. The standard InChI is InChI=1S/C11H11N3O4S/c1-19(16,17)13-10-7-8-14(12-10)11(15)18-9-5-3-2-4-6-9/h2-8H,1H3,(H,12,13). The maximum absolute atomic E-state index is 11.7. The van der Waals surface area contributed by atoms with Crippen LogP contribution in [0.15, 0.2) is 42.6 Å². The first-order valence-electron chi connectivity index (χ1n) is 5.25. The van der Waals surface area contributed by atoms with Crippen LogP contribution in [0.4, 0.5) is 10.6 Å². The molecular weight excluding hydrogens is 270 g/mol. The molecule has 1 N–H and O–H groups in total. The van der Waals surface area contributed by atoms with Gasteiger partial charge < -0.3 is 4.74 Å². The molecule has 0 bridgehead atoms. The van der Waals surface area contributed by atoms with Crippen LogP contribution in [-0.2, 0) is 10.0 Å². The van der Waals surface area contributed by atoms with Gasteiger partial charge in [0.05, 0.1) is 6.26 Å². The normalized spacial score (nSPS) is 11.0. The van der Waals surface area contributed by atoms with E-state index in [2.05, 4.69) is 9.82 Å². The first kappa shape index (κ1) is 13.1. The molecular formula is C11H11N3O4S. The van der Waals surface area contributed by atoms with E-state index in [9.17, 15) is 13.2 Å². The topological polar surface area (TPSA) is 90.3 Å². The average molecular weight is 281 g/mol. The Morgan fingerprint density at radius 1 is 1.26 bits per heavy atom. The molecule has 8 heteroatoms. The first-order valence-corrected chi connectivity index (χ1v) is 7.14. The third-order valence-electron chi connectivity index (χ3n) is 2.01. The van der Waals surface area contributed by atoms with Crippen molar-refractivity contribution >= 4 is 21.9 Å². The van der Waals surface area contributed by atoms with Gasteiger partial charge in [0, 0.05) is 12.3 Å². The maximum atomic E-state index is 11.7. The summed E-state index contributed by atoms with van der Waals surface area (Å²) in [6.45, 7) is 0. The summed E-state index contributed by atoms with van der Waals surface area (Å²) >= 11 is 0. The largest absolute Gasteiger partial charge is 0.440 e. The molecule has 7 nitrogen and oxygen atoms in total. The molecule has 100 valence electrons. The molecule has 0 atom stereocenters. The zero-order valence-electron chi connectivity index (χ0n) is 9.98. The van der Waals surface area contributed by atoms with Crippen molar-refractivity contribution in [1.29, 1.82) is 0 Å². The zero-order valence-corrected chi connectivity index (χ0v) is 10.8. The van der Waals surface area contributed by atoms with E-state index < -0.39 is 16.1 Å². The molecule has 19 heavy (non-hydrogen) atoms. The van der Waals surface area contributed by atoms with Gasteiger partial charge in [-0.1, -0.05) is 18.2 Å². The van der Waals surface area contributed by atoms with Crippen LogP contribution >= 0.6 is 0 Å². The van der Waals surface area contributed by atoms with Crippen molar-refractivity contribution in [2.24, 2.45) is 0 Å². The third-order valence-corrected chi connectivity index (χ3v) is 2.59. The second-order valence-electron chi connectivity index (χ2n) is 3.70. The van der Waals surface area contributed by atoms with Crippen molar-refractivity contribution in [2.75, 3.05) is 11.0 Å². The number of sulfonamides is 1. The summed E-state index contributed by atoms with van der Waals surface area (Å²) in [6, 6.07) is 9.84. The van der Waals surface area contributed by atoms with Gasteiger partial charge in [0.25, 0.3) is 0 Å². The molecule has 1 heterocycles. The van der Waals surface area contributed by atoms with Crippen LogP contribution < -0.4 is 9.46 Å². The van der Waals surface area contributed by atoms with Crippen LogP contribution in [0.2, 0.25) is 0 Å². The van der Waals surface area contributed by atoms with Gasteiger partial charge in [0.2, 0.25) is 10.0 Å². The van der Waals surface area contributed by atoms with Gasteiger partial charge in [-0.25, -0.2) is 13.2 Å². The minimum absolute atomic E-state index is 0.0486. The number of anilines is 1. The molecule has 0 saturated heterocycles. The summed E-state index contributed by atoms with van der Waals surface area (Å²) < 4.78 is 30.1. The predicted octanol–water partition coefficient (Wildman–Crippen LogP) is 1.30. The molecule has 1 aromatic carbocycles. The Morgan fingerprint density at radius 2 is 1.95 bits per heavy atom. The van der Waals surface area contributed by atoms with Crippen LogP contribution in [0.1, 0.15) is 0 Å². The number of carbonyl (C=O) groups excluding carboxylic acids is 1. The van der Waals surface area contributed by atoms with Gasteiger partial charge in [-0.2, -0.15) is 4.68 Å². The Kier molecular flexibility index (Phi) is 3.52. The second kappa shape index (κ2) is 5.11. The zero-order chi connectivity index (χ0) is 13.9. The monoisotopic (exact) mass is 281 g/mol. The van der Waals surface area contributed by atoms with Gasteiger partial charge in [-0.3, -0.25) is 4.72 Å². The minimum atomic E-state index is -3.43. The fraction of sp³-hybridized carbons (Fsp3) is 0.0909. The number of ether oxygens (including phenoxy) is 1. The number of para-hydroxylation sites is 1. The Balaban J connectivity index is 2.08. The molecule has 0 aliphatic rings. The van der Waals surface area contributed by atoms with Crippen LogP contribution in [0, 0.1) is 0 Å². The molecule has 0 spiro atoms. The number of nitrogens with zero attached hydrogens (tertiary/aromatic N) is 2. The summed E-state index contributed by atoms with van der Waals surface area (Å²) in [5, 5.41) is 3.74. The van der Waals surface area contributed by atoms with E-state index in [1.807, 2.05) is 0 Å². The summed E-state index contributed by atoms with van der Waals surface area (Å²) in [5.41, 5.74) is 0. The van der Waals surface area contributed by atoms with Crippen molar-refractivity contribution < 1.29 is 17.9 Å². The quantitative estimate of drug-likeness (QED) is 0.915. The van der Waals surface area contributed by atoms with E-state index in [0.717, 1.165) is 10.9 Å². The number of hydrogen-bond acceptors (Lipinski definition) is 5. The van der Waals surface area contributed by atoms with Gasteiger partial charge in [-0.15, -0.1) is 5.10 Å². The lowest BCUT2D eigenvalue weighted by atomic mass is 10.3. The number of rotatable bonds is 3. The second-order valence-corrected chi connectivity index (χ2v) is 5.45. The van der Waals surface area contributed by atoms with Crippen LogP contribution in [0.25, 0.3) is 0 Å². The first-order chi connectivity index (χ1) is 8.94. The molecule has 2 aromatic rings. The van der Waals surface area contributed by atoms with E-state index in [1.165, 1.54) is 12.3 Å². The van der Waals surface area contributed by atoms with Crippen molar-refractivity contribution in [3.63, 3.8) is 0 Å². The number of nitrogens with one attached hydrogen (secondary N) is 1. The molecule has 0 radical (unpaired) electrons. The van der Waals surface area contributed by atoms with E-state index in [-0.39, 0.29) is 5.82 Å². The Labute approximate surface area is 109 Å². The summed E-state index contributed by atoms with van der Waals surface area (Å²) in [5.74, 6) is 0.424. The van der Waals surface area contributed by atoms with Gasteiger partial charge in [0.15, 0.2) is 5.82 Å². The van der Waals surface area contributed by atoms with Gasteiger partial charge in [-0.05, 0) is 12.1 Å². The molecule has 2 rings (SSSR count). The smallest absolute Gasteiger partial charge is 0.409 e. The Morgan fingerprint density at radius 3 is 2.58 bits per heavy atom.